The Morgan fingerprint density at radius 2 is 2.32 bits per heavy atom. The monoisotopic (exact) mass is 347 g/mol. The van der Waals surface area contributed by atoms with Gasteiger partial charge in [-0.2, -0.15) is 0 Å². The van der Waals surface area contributed by atoms with Crippen molar-refractivity contribution in [3.63, 3.8) is 0 Å². The number of aryl methyl sites for hydroxylation is 1. The second-order valence-electron chi connectivity index (χ2n) is 4.18. The first-order valence-electron chi connectivity index (χ1n) is 5.77. The summed E-state index contributed by atoms with van der Waals surface area (Å²) in [5.74, 6) is -0.599. The molecule has 104 valence electrons. The molecule has 0 saturated carbocycles. The Labute approximate surface area is 123 Å². The van der Waals surface area contributed by atoms with Gasteiger partial charge in [0.1, 0.15) is 0 Å². The number of amides is 1. The summed E-state index contributed by atoms with van der Waals surface area (Å²) in [6, 6.07) is 1.16. The first-order valence-corrected chi connectivity index (χ1v) is 7.38. The number of rotatable bonds is 2. The molecular formula is C12H14BrNO4S. The van der Waals surface area contributed by atoms with Gasteiger partial charge in [0, 0.05) is 6.54 Å². The molecule has 1 aliphatic rings. The topological polar surface area (TPSA) is 55.8 Å². The minimum Gasteiger partial charge on any atom is -0.467 e. The Morgan fingerprint density at radius 1 is 1.58 bits per heavy atom. The maximum absolute atomic E-state index is 12.4. The molecule has 0 N–H and O–H groups in total. The maximum Gasteiger partial charge on any atom is 0.331 e. The van der Waals surface area contributed by atoms with E-state index in [1.807, 2.05) is 13.0 Å². The Kier molecular flexibility index (Phi) is 4.59. The zero-order chi connectivity index (χ0) is 14.0. The Balaban J connectivity index is 2.22. The fourth-order valence-corrected chi connectivity index (χ4v) is 3.38. The van der Waals surface area contributed by atoms with Crippen molar-refractivity contribution in [2.45, 2.75) is 13.0 Å². The van der Waals surface area contributed by atoms with Crippen molar-refractivity contribution in [1.82, 2.24) is 4.90 Å². The van der Waals surface area contributed by atoms with Gasteiger partial charge in [0.05, 0.1) is 29.0 Å². The van der Waals surface area contributed by atoms with E-state index in [9.17, 15) is 9.59 Å². The highest BCUT2D eigenvalue weighted by Gasteiger charge is 2.34. The number of halogens is 1. The summed E-state index contributed by atoms with van der Waals surface area (Å²) in [6.07, 6.45) is 0. The molecule has 0 aliphatic carbocycles. The van der Waals surface area contributed by atoms with Gasteiger partial charge in [-0.15, -0.1) is 11.3 Å². The molecule has 19 heavy (non-hydrogen) atoms. The number of morpholine rings is 1. The van der Waals surface area contributed by atoms with Crippen LogP contribution in [0.5, 0.6) is 0 Å². The van der Waals surface area contributed by atoms with Gasteiger partial charge < -0.3 is 14.4 Å². The van der Waals surface area contributed by atoms with Gasteiger partial charge in [-0.05, 0) is 34.5 Å². The molecule has 0 bridgehead atoms. The lowest BCUT2D eigenvalue weighted by Crippen LogP contribution is -2.52. The summed E-state index contributed by atoms with van der Waals surface area (Å²) in [5.41, 5.74) is 1.01. The highest BCUT2D eigenvalue weighted by Crippen LogP contribution is 2.29. The molecule has 2 rings (SSSR count). The predicted octanol–water partition coefficient (Wildman–Crippen LogP) is 1.83. The van der Waals surface area contributed by atoms with E-state index in [1.54, 1.807) is 0 Å². The summed E-state index contributed by atoms with van der Waals surface area (Å²) >= 11 is 4.77. The average Bonchev–Trinajstić information content (AvgIpc) is 2.77. The third kappa shape index (κ3) is 2.98. The molecule has 1 aromatic rings. The second-order valence-corrected chi connectivity index (χ2v) is 6.55. The normalized spacial score (nSPS) is 19.3. The van der Waals surface area contributed by atoms with E-state index in [-0.39, 0.29) is 12.5 Å². The first kappa shape index (κ1) is 14.5. The van der Waals surface area contributed by atoms with Crippen molar-refractivity contribution >= 4 is 39.1 Å². The van der Waals surface area contributed by atoms with Gasteiger partial charge >= 0.3 is 5.97 Å². The Morgan fingerprint density at radius 3 is 2.89 bits per heavy atom. The number of thiophene rings is 1. The molecule has 0 spiro atoms. The van der Waals surface area contributed by atoms with Crippen molar-refractivity contribution in [3.8, 4) is 0 Å². The molecule has 1 fully saturated rings. The van der Waals surface area contributed by atoms with Crippen LogP contribution in [-0.2, 0) is 14.3 Å². The third-order valence-corrected chi connectivity index (χ3v) is 5.06. The highest BCUT2D eigenvalue weighted by atomic mass is 79.9. The van der Waals surface area contributed by atoms with Crippen molar-refractivity contribution in [2.75, 3.05) is 26.9 Å². The van der Waals surface area contributed by atoms with Crippen LogP contribution in [0.2, 0.25) is 0 Å². The molecular weight excluding hydrogens is 334 g/mol. The van der Waals surface area contributed by atoms with Crippen LogP contribution < -0.4 is 0 Å². The van der Waals surface area contributed by atoms with E-state index in [1.165, 1.54) is 23.3 Å². The molecule has 1 saturated heterocycles. The fraction of sp³-hybridized carbons (Fsp3) is 0.500. The zero-order valence-corrected chi connectivity index (χ0v) is 13.0. The van der Waals surface area contributed by atoms with Gasteiger partial charge in [0.2, 0.25) is 0 Å². The molecule has 2 heterocycles. The largest absolute Gasteiger partial charge is 0.467 e. The molecule has 1 amide bonds. The minimum absolute atomic E-state index is 0.155. The van der Waals surface area contributed by atoms with Gasteiger partial charge in [-0.1, -0.05) is 0 Å². The van der Waals surface area contributed by atoms with Gasteiger partial charge in [0.15, 0.2) is 6.04 Å². The summed E-state index contributed by atoms with van der Waals surface area (Å²) in [7, 11) is 1.31. The number of esters is 1. The van der Waals surface area contributed by atoms with E-state index in [2.05, 4.69) is 15.9 Å². The molecule has 5 nitrogen and oxygen atoms in total. The molecule has 1 unspecified atom stereocenters. The van der Waals surface area contributed by atoms with Crippen LogP contribution in [0.25, 0.3) is 0 Å². The molecule has 1 aromatic heterocycles. The number of methoxy groups -OCH3 is 1. The Bertz CT molecular complexity index is 482. The minimum atomic E-state index is -0.660. The van der Waals surface area contributed by atoms with Crippen LogP contribution in [0, 0.1) is 6.92 Å². The lowest BCUT2D eigenvalue weighted by Gasteiger charge is -2.33. The number of nitrogens with zero attached hydrogens (tertiary/aromatic N) is 1. The van der Waals surface area contributed by atoms with E-state index >= 15 is 0 Å². The number of carbonyl (C=O) groups excluding carboxylic acids is 2. The molecule has 1 aliphatic heterocycles. The van der Waals surface area contributed by atoms with Gasteiger partial charge in [-0.25, -0.2) is 4.79 Å². The lowest BCUT2D eigenvalue weighted by molar-refractivity contribution is -0.151. The zero-order valence-electron chi connectivity index (χ0n) is 10.6. The van der Waals surface area contributed by atoms with Crippen LogP contribution in [0.4, 0.5) is 0 Å². The predicted molar refractivity (Wildman–Crippen MR) is 74.4 cm³/mol. The standard InChI is InChI=1S/C12H14BrNO4S/c1-7-5-9(19-10(7)13)11(15)14-3-4-18-6-8(14)12(16)17-2/h5,8H,3-4,6H2,1-2H3. The first-order chi connectivity index (χ1) is 9.04. The number of ether oxygens (including phenoxy) is 2. The summed E-state index contributed by atoms with van der Waals surface area (Å²) in [6.45, 7) is 2.94. The molecule has 1 atom stereocenters. The van der Waals surface area contributed by atoms with Crippen LogP contribution >= 0.6 is 27.3 Å². The van der Waals surface area contributed by atoms with E-state index < -0.39 is 12.0 Å². The van der Waals surface area contributed by atoms with E-state index in [4.69, 9.17) is 9.47 Å². The smallest absolute Gasteiger partial charge is 0.331 e. The van der Waals surface area contributed by atoms with Crippen molar-refractivity contribution in [1.29, 1.82) is 0 Å². The Hall–Kier alpha value is -0.920. The van der Waals surface area contributed by atoms with Crippen molar-refractivity contribution in [3.05, 3.63) is 20.3 Å². The van der Waals surface area contributed by atoms with Crippen LogP contribution in [-0.4, -0.2) is 49.7 Å². The van der Waals surface area contributed by atoms with Crippen molar-refractivity contribution < 1.29 is 19.1 Å². The lowest BCUT2D eigenvalue weighted by atomic mass is 10.2. The fourth-order valence-electron chi connectivity index (χ4n) is 1.88. The molecule has 0 radical (unpaired) electrons. The third-order valence-electron chi connectivity index (χ3n) is 2.93. The van der Waals surface area contributed by atoms with Crippen LogP contribution in [0.1, 0.15) is 15.2 Å². The van der Waals surface area contributed by atoms with Gasteiger partial charge in [-0.3, -0.25) is 4.79 Å². The summed E-state index contributed by atoms with van der Waals surface area (Å²) in [5, 5.41) is 0. The van der Waals surface area contributed by atoms with Crippen LogP contribution in [0.3, 0.4) is 0 Å². The van der Waals surface area contributed by atoms with Crippen LogP contribution in [0.15, 0.2) is 9.85 Å². The number of hydrogen-bond acceptors (Lipinski definition) is 5. The quantitative estimate of drug-likeness (QED) is 0.766. The van der Waals surface area contributed by atoms with E-state index in [0.717, 1.165) is 9.35 Å². The summed E-state index contributed by atoms with van der Waals surface area (Å²) in [4.78, 5) is 26.3. The molecule has 7 heteroatoms. The highest BCUT2D eigenvalue weighted by molar-refractivity contribution is 9.11. The summed E-state index contributed by atoms with van der Waals surface area (Å²) < 4.78 is 10.9. The average molecular weight is 348 g/mol. The number of hydrogen-bond donors (Lipinski definition) is 0. The number of carbonyl (C=O) groups is 2. The maximum atomic E-state index is 12.4. The second kappa shape index (κ2) is 6.02. The SMILES string of the molecule is COC(=O)C1COCCN1C(=O)c1cc(C)c(Br)s1. The van der Waals surface area contributed by atoms with Crippen molar-refractivity contribution in [2.24, 2.45) is 0 Å². The molecule has 0 aromatic carbocycles. The van der Waals surface area contributed by atoms with Gasteiger partial charge in [0.25, 0.3) is 5.91 Å². The van der Waals surface area contributed by atoms with E-state index in [0.29, 0.717) is 18.0 Å².